The quantitative estimate of drug-likeness (QED) is 0.806. The molecule has 0 aliphatic carbocycles. The molecule has 0 aliphatic heterocycles. The molecule has 2 atom stereocenters. The molecule has 0 amide bonds. The molecular weight excluding hydrogens is 282 g/mol. The van der Waals surface area contributed by atoms with Gasteiger partial charge in [0.1, 0.15) is 0 Å². The third-order valence-electron chi connectivity index (χ3n) is 3.63. The third kappa shape index (κ3) is 3.67. The van der Waals surface area contributed by atoms with Crippen LogP contribution in [0.5, 0.6) is 0 Å². The van der Waals surface area contributed by atoms with Gasteiger partial charge in [-0.15, -0.1) is 10.2 Å². The largest absolute Gasteiger partial charge is 0.481 e. The summed E-state index contributed by atoms with van der Waals surface area (Å²) in [6.07, 6.45) is 1.80. The highest BCUT2D eigenvalue weighted by atomic mass is 16.4. The minimum Gasteiger partial charge on any atom is -0.481 e. The Morgan fingerprint density at radius 2 is 2.14 bits per heavy atom. The van der Waals surface area contributed by atoms with Crippen LogP contribution in [0.1, 0.15) is 42.6 Å². The average molecular weight is 299 g/mol. The Labute approximate surface area is 128 Å². The van der Waals surface area contributed by atoms with Gasteiger partial charge in [0.25, 0.3) is 0 Å². The van der Waals surface area contributed by atoms with Crippen LogP contribution in [0.2, 0.25) is 0 Å². The molecule has 0 fully saturated rings. The van der Waals surface area contributed by atoms with Gasteiger partial charge in [-0.05, 0) is 30.5 Å². The number of aliphatic carboxylic acids is 1. The topological polar surface area (TPSA) is 116 Å². The van der Waals surface area contributed by atoms with Crippen molar-refractivity contribution in [3.05, 3.63) is 41.2 Å². The standard InChI is InChI=1S/C15H17N5O2/c1-2-3-12(15(21)22)13(14-17-19-20-18-14)8-10-4-6-11(9-16)7-5-10/h4-7,12-13H,2-3,8H2,1H3,(H,21,22)(H,17,18,19,20)/t12?,13-/m0/s1. The molecule has 0 bridgehead atoms. The second kappa shape index (κ2) is 7.31. The highest BCUT2D eigenvalue weighted by molar-refractivity contribution is 5.71. The molecule has 0 aliphatic rings. The Bertz CT molecular complexity index is 646. The van der Waals surface area contributed by atoms with E-state index >= 15 is 0 Å². The summed E-state index contributed by atoms with van der Waals surface area (Å²) in [6, 6.07) is 9.16. The van der Waals surface area contributed by atoms with Crippen molar-refractivity contribution >= 4 is 5.97 Å². The minimum atomic E-state index is -0.856. The van der Waals surface area contributed by atoms with Gasteiger partial charge in [0.05, 0.1) is 17.6 Å². The molecule has 0 saturated heterocycles. The van der Waals surface area contributed by atoms with Gasteiger partial charge in [0, 0.05) is 5.92 Å². The highest BCUT2D eigenvalue weighted by Gasteiger charge is 2.31. The maximum absolute atomic E-state index is 11.6. The van der Waals surface area contributed by atoms with E-state index in [4.69, 9.17) is 5.26 Å². The van der Waals surface area contributed by atoms with E-state index in [1.165, 1.54) is 0 Å². The maximum atomic E-state index is 11.6. The van der Waals surface area contributed by atoms with Crippen LogP contribution >= 0.6 is 0 Å². The molecule has 114 valence electrons. The van der Waals surface area contributed by atoms with Crippen LogP contribution in [0.3, 0.4) is 0 Å². The van der Waals surface area contributed by atoms with Gasteiger partial charge in [-0.1, -0.05) is 30.7 Å². The third-order valence-corrected chi connectivity index (χ3v) is 3.63. The van der Waals surface area contributed by atoms with E-state index in [-0.39, 0.29) is 5.92 Å². The molecule has 2 aromatic rings. The highest BCUT2D eigenvalue weighted by Crippen LogP contribution is 2.29. The second-order valence-electron chi connectivity index (χ2n) is 5.12. The zero-order valence-corrected chi connectivity index (χ0v) is 12.2. The van der Waals surface area contributed by atoms with Crippen molar-refractivity contribution in [2.45, 2.75) is 32.1 Å². The molecule has 7 nitrogen and oxygen atoms in total. The molecule has 0 saturated carbocycles. The zero-order chi connectivity index (χ0) is 15.9. The molecule has 1 aromatic heterocycles. The predicted molar refractivity (Wildman–Crippen MR) is 77.8 cm³/mol. The number of H-pyrrole nitrogens is 1. The van der Waals surface area contributed by atoms with E-state index in [0.29, 0.717) is 24.2 Å². The number of hydrogen-bond acceptors (Lipinski definition) is 5. The molecule has 0 spiro atoms. The lowest BCUT2D eigenvalue weighted by molar-refractivity contribution is -0.142. The van der Waals surface area contributed by atoms with Crippen LogP contribution in [-0.2, 0) is 11.2 Å². The molecule has 2 N–H and O–H groups in total. The molecule has 2 rings (SSSR count). The van der Waals surface area contributed by atoms with Gasteiger partial charge in [-0.25, -0.2) is 0 Å². The number of nitrogens with zero attached hydrogens (tertiary/aromatic N) is 4. The van der Waals surface area contributed by atoms with Crippen LogP contribution in [0.4, 0.5) is 0 Å². The van der Waals surface area contributed by atoms with Crippen LogP contribution < -0.4 is 0 Å². The zero-order valence-electron chi connectivity index (χ0n) is 12.2. The van der Waals surface area contributed by atoms with E-state index in [2.05, 4.69) is 26.7 Å². The summed E-state index contributed by atoms with van der Waals surface area (Å²) in [5.74, 6) is -1.38. The lowest BCUT2D eigenvalue weighted by Crippen LogP contribution is -2.25. The van der Waals surface area contributed by atoms with Crippen molar-refractivity contribution in [1.82, 2.24) is 20.6 Å². The minimum absolute atomic E-state index is 0.357. The number of hydrogen-bond donors (Lipinski definition) is 2. The van der Waals surface area contributed by atoms with E-state index in [1.807, 2.05) is 19.1 Å². The summed E-state index contributed by atoms with van der Waals surface area (Å²) in [5, 5.41) is 32.2. The van der Waals surface area contributed by atoms with Crippen molar-refractivity contribution in [2.75, 3.05) is 0 Å². The second-order valence-corrected chi connectivity index (χ2v) is 5.12. The SMILES string of the molecule is CCCC(C(=O)O)[C@H](Cc1ccc(C#N)cc1)c1nn[nH]n1. The van der Waals surface area contributed by atoms with Crippen molar-refractivity contribution in [3.63, 3.8) is 0 Å². The van der Waals surface area contributed by atoms with Crippen LogP contribution in [0.25, 0.3) is 0 Å². The normalized spacial score (nSPS) is 13.3. The van der Waals surface area contributed by atoms with Crippen LogP contribution in [0.15, 0.2) is 24.3 Å². The van der Waals surface area contributed by atoms with Crippen molar-refractivity contribution < 1.29 is 9.90 Å². The summed E-state index contributed by atoms with van der Waals surface area (Å²) in [7, 11) is 0. The van der Waals surface area contributed by atoms with Crippen LogP contribution in [0, 0.1) is 17.2 Å². The van der Waals surface area contributed by atoms with E-state index < -0.39 is 11.9 Å². The Morgan fingerprint density at radius 1 is 1.41 bits per heavy atom. The Hall–Kier alpha value is -2.75. The lowest BCUT2D eigenvalue weighted by atomic mass is 9.83. The molecule has 7 heteroatoms. The number of carboxylic acids is 1. The Balaban J connectivity index is 2.28. The van der Waals surface area contributed by atoms with E-state index in [0.717, 1.165) is 12.0 Å². The monoisotopic (exact) mass is 299 g/mol. The van der Waals surface area contributed by atoms with Crippen molar-refractivity contribution in [3.8, 4) is 6.07 Å². The predicted octanol–water partition coefficient (Wildman–Crippen LogP) is 1.90. The summed E-state index contributed by atoms with van der Waals surface area (Å²) < 4.78 is 0. The fraction of sp³-hybridized carbons (Fsp3) is 0.400. The summed E-state index contributed by atoms with van der Waals surface area (Å²) in [5.41, 5.74) is 1.51. The number of nitriles is 1. The van der Waals surface area contributed by atoms with Gasteiger partial charge in [-0.3, -0.25) is 4.79 Å². The number of aromatic amines is 1. The number of benzene rings is 1. The number of carboxylic acid groups (broad SMARTS) is 1. The van der Waals surface area contributed by atoms with Crippen molar-refractivity contribution in [2.24, 2.45) is 5.92 Å². The van der Waals surface area contributed by atoms with Gasteiger partial charge in [0.2, 0.25) is 0 Å². The molecule has 1 heterocycles. The molecule has 1 aromatic carbocycles. The average Bonchev–Trinajstić information content (AvgIpc) is 3.05. The number of carbonyl (C=O) groups is 1. The summed E-state index contributed by atoms with van der Waals surface area (Å²) in [6.45, 7) is 1.95. The first-order valence-electron chi connectivity index (χ1n) is 7.10. The molecule has 0 radical (unpaired) electrons. The van der Waals surface area contributed by atoms with Crippen LogP contribution in [-0.4, -0.2) is 31.7 Å². The van der Waals surface area contributed by atoms with Gasteiger partial charge in [-0.2, -0.15) is 10.5 Å². The molecule has 1 unspecified atom stereocenters. The number of rotatable bonds is 7. The Morgan fingerprint density at radius 3 is 2.64 bits per heavy atom. The maximum Gasteiger partial charge on any atom is 0.307 e. The molecule has 22 heavy (non-hydrogen) atoms. The fourth-order valence-corrected chi connectivity index (χ4v) is 2.52. The smallest absolute Gasteiger partial charge is 0.307 e. The summed E-state index contributed by atoms with van der Waals surface area (Å²) in [4.78, 5) is 11.6. The number of tetrazole rings is 1. The number of aromatic nitrogens is 4. The van der Waals surface area contributed by atoms with Gasteiger partial charge < -0.3 is 5.11 Å². The molecular formula is C15H17N5O2. The first-order chi connectivity index (χ1) is 10.7. The first-order valence-corrected chi connectivity index (χ1v) is 7.10. The van der Waals surface area contributed by atoms with Gasteiger partial charge in [0.15, 0.2) is 5.82 Å². The van der Waals surface area contributed by atoms with E-state index in [1.54, 1.807) is 12.1 Å². The number of nitrogens with one attached hydrogen (secondary N) is 1. The summed E-state index contributed by atoms with van der Waals surface area (Å²) >= 11 is 0. The fourth-order valence-electron chi connectivity index (χ4n) is 2.52. The van der Waals surface area contributed by atoms with Crippen molar-refractivity contribution in [1.29, 1.82) is 5.26 Å². The van der Waals surface area contributed by atoms with Gasteiger partial charge >= 0.3 is 5.97 Å². The Kier molecular flexibility index (Phi) is 5.20. The van der Waals surface area contributed by atoms with E-state index in [9.17, 15) is 9.90 Å². The lowest BCUT2D eigenvalue weighted by Gasteiger charge is -2.21. The first kappa shape index (κ1) is 15.6.